The maximum absolute atomic E-state index is 12.6. The Kier molecular flexibility index (Phi) is 7.35. The van der Waals surface area contributed by atoms with Crippen molar-refractivity contribution in [3.8, 4) is 6.07 Å². The van der Waals surface area contributed by atoms with Gasteiger partial charge >= 0.3 is 0 Å². The number of ketones is 1. The lowest BCUT2D eigenvalue weighted by Gasteiger charge is -2.35. The van der Waals surface area contributed by atoms with Crippen LogP contribution in [-0.4, -0.2) is 71.2 Å². The minimum Gasteiger partial charge on any atom is -0.367 e. The summed E-state index contributed by atoms with van der Waals surface area (Å²) in [6, 6.07) is 6.08. The second-order valence-corrected chi connectivity index (χ2v) is 8.87. The topological polar surface area (TPSA) is 109 Å². The number of H-pyrrole nitrogens is 1. The Morgan fingerprint density at radius 1 is 1.18 bits per heavy atom. The number of aromatic amines is 1. The molecule has 2 fully saturated rings. The monoisotopic (exact) mass is 449 g/mol. The molecule has 1 N–H and O–H groups in total. The van der Waals surface area contributed by atoms with Crippen LogP contribution in [0.25, 0.3) is 0 Å². The van der Waals surface area contributed by atoms with E-state index in [1.54, 1.807) is 18.5 Å². The number of piperazine rings is 1. The number of hydrogen-bond acceptors (Lipinski definition) is 8. The number of Topliss-reactive ketones (excluding diaryl/α,β-unsaturated/α-hetero) is 1. The van der Waals surface area contributed by atoms with Crippen LogP contribution in [0.15, 0.2) is 29.3 Å². The van der Waals surface area contributed by atoms with Crippen LogP contribution in [0.5, 0.6) is 0 Å². The number of nitrogens with zero attached hydrogens (tertiary/aromatic N) is 6. The number of carbonyl (C=O) groups excluding carboxylic acids is 1. The summed E-state index contributed by atoms with van der Waals surface area (Å²) < 4.78 is 0. The highest BCUT2D eigenvalue weighted by Gasteiger charge is 2.27. The van der Waals surface area contributed by atoms with Gasteiger partial charge in [0.25, 0.3) is 5.56 Å². The van der Waals surface area contributed by atoms with Crippen molar-refractivity contribution in [1.82, 2.24) is 20.1 Å². The van der Waals surface area contributed by atoms with E-state index in [1.165, 1.54) is 0 Å². The summed E-state index contributed by atoms with van der Waals surface area (Å²) in [7, 11) is 0. The molecule has 33 heavy (non-hydrogen) atoms. The third-order valence-corrected chi connectivity index (χ3v) is 6.80. The summed E-state index contributed by atoms with van der Waals surface area (Å²) in [5, 5.41) is 15.4. The minimum atomic E-state index is -0.149. The molecular formula is C24H31N7O2. The zero-order valence-corrected chi connectivity index (χ0v) is 19.2. The highest BCUT2D eigenvalue weighted by molar-refractivity contribution is 5.78. The van der Waals surface area contributed by atoms with E-state index in [1.807, 2.05) is 13.0 Å². The summed E-state index contributed by atoms with van der Waals surface area (Å²) >= 11 is 0. The molecule has 2 aromatic rings. The molecule has 174 valence electrons. The third-order valence-electron chi connectivity index (χ3n) is 6.80. The van der Waals surface area contributed by atoms with Gasteiger partial charge in [0.2, 0.25) is 0 Å². The lowest BCUT2D eigenvalue weighted by Crippen LogP contribution is -2.47. The SMILES string of the molecule is Cc1c(N2CCC[C@H]2CCC(=O)CCN2CCN(c3ccc(C#N)cn3)CC2)cn[nH]c1=O. The van der Waals surface area contributed by atoms with Gasteiger partial charge in [0.15, 0.2) is 0 Å². The summed E-state index contributed by atoms with van der Waals surface area (Å²) in [5.74, 6) is 1.20. The molecule has 2 saturated heterocycles. The fourth-order valence-electron chi connectivity index (χ4n) is 4.77. The Morgan fingerprint density at radius 3 is 2.73 bits per heavy atom. The van der Waals surface area contributed by atoms with Crippen LogP contribution in [0.3, 0.4) is 0 Å². The van der Waals surface area contributed by atoms with Crippen molar-refractivity contribution in [1.29, 1.82) is 5.26 Å². The lowest BCUT2D eigenvalue weighted by atomic mass is 10.0. The molecule has 2 aromatic heterocycles. The van der Waals surface area contributed by atoms with Gasteiger partial charge in [-0.05, 0) is 38.3 Å². The number of carbonyl (C=O) groups is 1. The predicted octanol–water partition coefficient (Wildman–Crippen LogP) is 1.88. The molecule has 1 atom stereocenters. The first-order valence-corrected chi connectivity index (χ1v) is 11.7. The van der Waals surface area contributed by atoms with Crippen LogP contribution in [0.2, 0.25) is 0 Å². The van der Waals surface area contributed by atoms with Gasteiger partial charge in [-0.25, -0.2) is 10.1 Å². The number of pyridine rings is 1. The third kappa shape index (κ3) is 5.57. The quantitative estimate of drug-likeness (QED) is 0.651. The molecular weight excluding hydrogens is 418 g/mol. The average Bonchev–Trinajstić information content (AvgIpc) is 3.32. The molecule has 9 nitrogen and oxygen atoms in total. The van der Waals surface area contributed by atoms with E-state index in [9.17, 15) is 9.59 Å². The fraction of sp³-hybridized carbons (Fsp3) is 0.542. The van der Waals surface area contributed by atoms with Gasteiger partial charge in [0.1, 0.15) is 17.7 Å². The summed E-state index contributed by atoms with van der Waals surface area (Å²) in [4.78, 5) is 35.7. The zero-order valence-electron chi connectivity index (χ0n) is 19.2. The Bertz CT molecular complexity index is 1050. The van der Waals surface area contributed by atoms with Crippen molar-refractivity contribution in [2.45, 2.75) is 45.1 Å². The first-order valence-electron chi connectivity index (χ1n) is 11.7. The van der Waals surface area contributed by atoms with Crippen molar-refractivity contribution in [2.75, 3.05) is 49.1 Å². The van der Waals surface area contributed by atoms with E-state index in [0.29, 0.717) is 35.8 Å². The highest BCUT2D eigenvalue weighted by atomic mass is 16.1. The van der Waals surface area contributed by atoms with Crippen molar-refractivity contribution in [3.63, 3.8) is 0 Å². The van der Waals surface area contributed by atoms with Gasteiger partial charge in [-0.3, -0.25) is 14.5 Å². The summed E-state index contributed by atoms with van der Waals surface area (Å²) in [6.07, 6.45) is 7.43. The van der Waals surface area contributed by atoms with Crippen molar-refractivity contribution in [3.05, 3.63) is 46.0 Å². The van der Waals surface area contributed by atoms with Crippen molar-refractivity contribution < 1.29 is 4.79 Å². The highest BCUT2D eigenvalue weighted by Crippen LogP contribution is 2.28. The molecule has 0 saturated carbocycles. The Hall–Kier alpha value is -3.25. The molecule has 0 radical (unpaired) electrons. The normalized spacial score (nSPS) is 19.0. The smallest absolute Gasteiger partial charge is 0.269 e. The van der Waals surface area contributed by atoms with Crippen LogP contribution in [-0.2, 0) is 4.79 Å². The number of rotatable bonds is 8. The largest absolute Gasteiger partial charge is 0.367 e. The number of aromatic nitrogens is 3. The zero-order chi connectivity index (χ0) is 23.2. The second-order valence-electron chi connectivity index (χ2n) is 8.87. The van der Waals surface area contributed by atoms with Gasteiger partial charge in [-0.2, -0.15) is 10.4 Å². The van der Waals surface area contributed by atoms with Crippen LogP contribution >= 0.6 is 0 Å². The fourth-order valence-corrected chi connectivity index (χ4v) is 4.77. The molecule has 2 aliphatic heterocycles. The van der Waals surface area contributed by atoms with Crippen LogP contribution in [0.4, 0.5) is 11.5 Å². The standard InChI is InChI=1S/C24H31N7O2/c1-18-22(17-27-28-24(18)33)31-9-2-3-20(31)5-6-21(32)8-10-29-11-13-30(14-12-29)23-7-4-19(15-25)16-26-23/h4,7,16-17,20H,2-3,5-6,8-14H2,1H3,(H,28,33)/t20-/m0/s1. The molecule has 4 heterocycles. The average molecular weight is 450 g/mol. The van der Waals surface area contributed by atoms with E-state index < -0.39 is 0 Å². The van der Waals surface area contributed by atoms with Crippen molar-refractivity contribution in [2.24, 2.45) is 0 Å². The number of nitrogens with one attached hydrogen (secondary N) is 1. The number of anilines is 2. The maximum Gasteiger partial charge on any atom is 0.269 e. The molecule has 0 unspecified atom stereocenters. The molecule has 0 aliphatic carbocycles. The van der Waals surface area contributed by atoms with Crippen LogP contribution in [0, 0.1) is 18.3 Å². The number of hydrogen-bond donors (Lipinski definition) is 1. The van der Waals surface area contributed by atoms with Crippen LogP contribution < -0.4 is 15.4 Å². The minimum absolute atomic E-state index is 0.149. The first-order chi connectivity index (χ1) is 16.0. The van der Waals surface area contributed by atoms with Gasteiger partial charge in [0.05, 0.1) is 17.4 Å². The van der Waals surface area contributed by atoms with E-state index >= 15 is 0 Å². The predicted molar refractivity (Wildman–Crippen MR) is 126 cm³/mol. The summed E-state index contributed by atoms with van der Waals surface area (Å²) in [5.41, 5.74) is 2.01. The van der Waals surface area contributed by atoms with E-state index in [-0.39, 0.29) is 5.56 Å². The Labute approximate surface area is 194 Å². The number of nitriles is 1. The molecule has 2 aliphatic rings. The lowest BCUT2D eigenvalue weighted by molar-refractivity contribution is -0.119. The molecule has 0 bridgehead atoms. The molecule has 4 rings (SSSR count). The van der Waals surface area contributed by atoms with Gasteiger partial charge < -0.3 is 9.80 Å². The van der Waals surface area contributed by atoms with E-state index in [2.05, 4.69) is 36.0 Å². The van der Waals surface area contributed by atoms with Gasteiger partial charge in [-0.15, -0.1) is 0 Å². The second kappa shape index (κ2) is 10.6. The molecule has 0 aromatic carbocycles. The van der Waals surface area contributed by atoms with Crippen molar-refractivity contribution >= 4 is 17.3 Å². The Morgan fingerprint density at radius 2 is 2.00 bits per heavy atom. The van der Waals surface area contributed by atoms with Gasteiger partial charge in [-0.1, -0.05) is 0 Å². The molecule has 0 amide bonds. The molecule has 9 heteroatoms. The first kappa shape index (κ1) is 22.9. The van der Waals surface area contributed by atoms with Gasteiger partial charge in [0, 0.05) is 69.9 Å². The van der Waals surface area contributed by atoms with E-state index in [0.717, 1.165) is 70.0 Å². The molecule has 0 spiro atoms. The maximum atomic E-state index is 12.6. The Balaban J connectivity index is 1.20. The van der Waals surface area contributed by atoms with Crippen LogP contribution in [0.1, 0.15) is 43.2 Å². The van der Waals surface area contributed by atoms with E-state index in [4.69, 9.17) is 5.26 Å². The summed E-state index contributed by atoms with van der Waals surface area (Å²) in [6.45, 7) is 7.07.